The standard InChI is InChI=1S/C13H15NO2/c1-9-2-5-13(6-3-9)11-8-14-7-4-10(11)12(15)16-13/h4,7-9H,2-3,5-6H2,1H3. The lowest BCUT2D eigenvalue weighted by Crippen LogP contribution is -2.31. The van der Waals surface area contributed by atoms with Crippen molar-refractivity contribution in [3.63, 3.8) is 0 Å². The zero-order valence-electron chi connectivity index (χ0n) is 9.40. The van der Waals surface area contributed by atoms with Crippen LogP contribution in [0.1, 0.15) is 48.5 Å². The normalized spacial score (nSPS) is 32.6. The van der Waals surface area contributed by atoms with Crippen molar-refractivity contribution in [3.05, 3.63) is 29.6 Å². The minimum Gasteiger partial charge on any atom is -0.450 e. The van der Waals surface area contributed by atoms with E-state index in [4.69, 9.17) is 4.74 Å². The van der Waals surface area contributed by atoms with Crippen LogP contribution in [0.15, 0.2) is 18.5 Å². The Labute approximate surface area is 94.8 Å². The summed E-state index contributed by atoms with van der Waals surface area (Å²) < 4.78 is 5.63. The Morgan fingerprint density at radius 2 is 2.19 bits per heavy atom. The number of nitrogens with zero attached hydrogens (tertiary/aromatic N) is 1. The summed E-state index contributed by atoms with van der Waals surface area (Å²) >= 11 is 0. The number of pyridine rings is 1. The SMILES string of the molecule is CC1CCC2(CC1)OC(=O)c1ccncc12. The Morgan fingerprint density at radius 3 is 2.94 bits per heavy atom. The Morgan fingerprint density at radius 1 is 1.44 bits per heavy atom. The Hall–Kier alpha value is -1.38. The van der Waals surface area contributed by atoms with Gasteiger partial charge in [-0.2, -0.15) is 0 Å². The summed E-state index contributed by atoms with van der Waals surface area (Å²) in [6.07, 6.45) is 7.60. The van der Waals surface area contributed by atoms with Crippen molar-refractivity contribution in [2.24, 2.45) is 5.92 Å². The van der Waals surface area contributed by atoms with Gasteiger partial charge in [-0.1, -0.05) is 6.92 Å². The van der Waals surface area contributed by atoms with Crippen molar-refractivity contribution in [2.45, 2.75) is 38.2 Å². The molecule has 1 aromatic rings. The molecule has 0 N–H and O–H groups in total. The van der Waals surface area contributed by atoms with Crippen molar-refractivity contribution >= 4 is 5.97 Å². The van der Waals surface area contributed by atoms with Crippen LogP contribution in [0.2, 0.25) is 0 Å². The molecule has 0 atom stereocenters. The molecule has 0 unspecified atom stereocenters. The molecule has 1 saturated carbocycles. The number of hydrogen-bond donors (Lipinski definition) is 0. The van der Waals surface area contributed by atoms with Gasteiger partial charge in [-0.3, -0.25) is 4.98 Å². The van der Waals surface area contributed by atoms with Crippen molar-refractivity contribution in [1.29, 1.82) is 0 Å². The van der Waals surface area contributed by atoms with Crippen molar-refractivity contribution < 1.29 is 9.53 Å². The predicted octanol–water partition coefficient (Wildman–Crippen LogP) is 2.66. The lowest BCUT2D eigenvalue weighted by molar-refractivity contribution is -0.0347. The molecular formula is C13H15NO2. The molecule has 1 aliphatic heterocycles. The molecular weight excluding hydrogens is 202 g/mol. The van der Waals surface area contributed by atoms with Crippen molar-refractivity contribution in [2.75, 3.05) is 0 Å². The number of carbonyl (C=O) groups is 1. The first-order chi connectivity index (χ1) is 7.71. The molecule has 2 aliphatic rings. The second-order valence-corrected chi connectivity index (χ2v) is 4.99. The number of fused-ring (bicyclic) bond motifs is 2. The molecule has 0 bridgehead atoms. The summed E-state index contributed by atoms with van der Waals surface area (Å²) in [5.74, 6) is 0.567. The van der Waals surface area contributed by atoms with E-state index in [0.29, 0.717) is 5.56 Å². The number of carbonyl (C=O) groups excluding carboxylic acids is 1. The third kappa shape index (κ3) is 1.27. The average Bonchev–Trinajstić information content (AvgIpc) is 2.58. The van der Waals surface area contributed by atoms with Gasteiger partial charge in [0.05, 0.1) is 5.56 Å². The maximum absolute atomic E-state index is 11.8. The Balaban J connectivity index is 2.02. The van der Waals surface area contributed by atoms with Crippen LogP contribution in [-0.4, -0.2) is 11.0 Å². The van der Waals surface area contributed by atoms with Crippen LogP contribution in [0.25, 0.3) is 0 Å². The average molecular weight is 217 g/mol. The third-order valence-corrected chi connectivity index (χ3v) is 3.90. The number of ether oxygens (including phenoxy) is 1. The highest BCUT2D eigenvalue weighted by atomic mass is 16.6. The smallest absolute Gasteiger partial charge is 0.339 e. The summed E-state index contributed by atoms with van der Waals surface area (Å²) in [6, 6.07) is 1.77. The molecule has 3 nitrogen and oxygen atoms in total. The molecule has 2 heterocycles. The van der Waals surface area contributed by atoms with Gasteiger partial charge in [0.15, 0.2) is 0 Å². The highest BCUT2D eigenvalue weighted by molar-refractivity contribution is 5.94. The van der Waals surface area contributed by atoms with Crippen LogP contribution in [0.3, 0.4) is 0 Å². The minimum absolute atomic E-state index is 0.174. The zero-order chi connectivity index (χ0) is 11.2. The van der Waals surface area contributed by atoms with Gasteiger partial charge >= 0.3 is 5.97 Å². The number of aromatic nitrogens is 1. The van der Waals surface area contributed by atoms with Gasteiger partial charge < -0.3 is 4.74 Å². The molecule has 0 aromatic carbocycles. The van der Waals surface area contributed by atoms with E-state index < -0.39 is 0 Å². The fourth-order valence-corrected chi connectivity index (χ4v) is 2.82. The van der Waals surface area contributed by atoms with E-state index in [1.807, 2.05) is 0 Å². The molecule has 1 aromatic heterocycles. The zero-order valence-corrected chi connectivity index (χ0v) is 9.40. The molecule has 0 amide bonds. The first kappa shape index (κ1) is 9.82. The summed E-state index contributed by atoms with van der Waals surface area (Å²) in [5.41, 5.74) is 1.36. The summed E-state index contributed by atoms with van der Waals surface area (Å²) in [4.78, 5) is 15.9. The molecule has 16 heavy (non-hydrogen) atoms. The van der Waals surface area contributed by atoms with E-state index in [1.165, 1.54) is 0 Å². The van der Waals surface area contributed by atoms with Gasteiger partial charge in [-0.05, 0) is 37.7 Å². The minimum atomic E-state index is -0.354. The quantitative estimate of drug-likeness (QED) is 0.627. The Bertz CT molecular complexity index is 433. The van der Waals surface area contributed by atoms with Gasteiger partial charge in [0, 0.05) is 18.0 Å². The predicted molar refractivity (Wildman–Crippen MR) is 59.0 cm³/mol. The lowest BCUT2D eigenvalue weighted by Gasteiger charge is -2.35. The summed E-state index contributed by atoms with van der Waals surface area (Å²) in [5, 5.41) is 0. The molecule has 84 valence electrons. The van der Waals surface area contributed by atoms with Gasteiger partial charge in [0.2, 0.25) is 0 Å². The number of esters is 1. The second-order valence-electron chi connectivity index (χ2n) is 4.99. The van der Waals surface area contributed by atoms with Crippen LogP contribution >= 0.6 is 0 Å². The van der Waals surface area contributed by atoms with E-state index in [9.17, 15) is 4.79 Å². The van der Waals surface area contributed by atoms with E-state index in [0.717, 1.165) is 37.2 Å². The maximum atomic E-state index is 11.8. The fraction of sp³-hybridized carbons (Fsp3) is 0.538. The lowest BCUT2D eigenvalue weighted by atomic mass is 9.76. The van der Waals surface area contributed by atoms with Crippen molar-refractivity contribution in [3.8, 4) is 0 Å². The highest BCUT2D eigenvalue weighted by Crippen LogP contribution is 2.47. The van der Waals surface area contributed by atoms with Crippen LogP contribution in [0.5, 0.6) is 0 Å². The van der Waals surface area contributed by atoms with Gasteiger partial charge in [-0.25, -0.2) is 4.79 Å². The molecule has 3 rings (SSSR count). The monoisotopic (exact) mass is 217 g/mol. The molecule has 1 aliphatic carbocycles. The molecule has 0 saturated heterocycles. The van der Waals surface area contributed by atoms with E-state index in [1.54, 1.807) is 18.5 Å². The van der Waals surface area contributed by atoms with E-state index in [2.05, 4.69) is 11.9 Å². The fourth-order valence-electron chi connectivity index (χ4n) is 2.82. The van der Waals surface area contributed by atoms with Crippen LogP contribution < -0.4 is 0 Å². The van der Waals surface area contributed by atoms with Gasteiger partial charge in [-0.15, -0.1) is 0 Å². The second kappa shape index (κ2) is 3.30. The largest absolute Gasteiger partial charge is 0.450 e. The van der Waals surface area contributed by atoms with Gasteiger partial charge in [0.25, 0.3) is 0 Å². The van der Waals surface area contributed by atoms with Crippen molar-refractivity contribution in [1.82, 2.24) is 4.98 Å². The number of rotatable bonds is 0. The third-order valence-electron chi connectivity index (χ3n) is 3.90. The topological polar surface area (TPSA) is 39.2 Å². The summed E-state index contributed by atoms with van der Waals surface area (Å²) in [6.45, 7) is 2.26. The first-order valence-corrected chi connectivity index (χ1v) is 5.89. The molecule has 3 heteroatoms. The van der Waals surface area contributed by atoms with E-state index in [-0.39, 0.29) is 11.6 Å². The summed E-state index contributed by atoms with van der Waals surface area (Å²) in [7, 11) is 0. The number of hydrogen-bond acceptors (Lipinski definition) is 3. The molecule has 1 spiro atoms. The van der Waals surface area contributed by atoms with Crippen LogP contribution in [-0.2, 0) is 10.3 Å². The van der Waals surface area contributed by atoms with E-state index >= 15 is 0 Å². The molecule has 0 radical (unpaired) electrons. The van der Waals surface area contributed by atoms with Crippen LogP contribution in [0.4, 0.5) is 0 Å². The Kier molecular flexibility index (Phi) is 2.03. The van der Waals surface area contributed by atoms with Crippen LogP contribution in [0, 0.1) is 5.92 Å². The maximum Gasteiger partial charge on any atom is 0.339 e. The highest BCUT2D eigenvalue weighted by Gasteiger charge is 2.47. The first-order valence-electron chi connectivity index (χ1n) is 5.89. The molecule has 1 fully saturated rings. The van der Waals surface area contributed by atoms with Gasteiger partial charge in [0.1, 0.15) is 5.60 Å².